The number of carbonyl (C=O) groups is 1. The van der Waals surface area contributed by atoms with E-state index in [4.69, 9.17) is 0 Å². The molecular weight excluding hydrogens is 342 g/mol. The number of benzene rings is 2. The first-order valence-electron chi connectivity index (χ1n) is 9.28. The van der Waals surface area contributed by atoms with Crippen LogP contribution in [0.5, 0.6) is 0 Å². The second-order valence-electron chi connectivity index (χ2n) is 7.29. The van der Waals surface area contributed by atoms with E-state index < -0.39 is 4.92 Å². The molecule has 1 fully saturated rings. The second-order valence-corrected chi connectivity index (χ2v) is 7.29. The maximum absolute atomic E-state index is 12.6. The summed E-state index contributed by atoms with van der Waals surface area (Å²) < 4.78 is 0. The molecule has 0 radical (unpaired) electrons. The van der Waals surface area contributed by atoms with Crippen LogP contribution in [-0.4, -0.2) is 28.8 Å². The highest BCUT2D eigenvalue weighted by Gasteiger charge is 2.28. The molecule has 1 saturated carbocycles. The fourth-order valence-corrected chi connectivity index (χ4v) is 3.21. The van der Waals surface area contributed by atoms with Crippen LogP contribution in [0.1, 0.15) is 36.9 Å². The van der Waals surface area contributed by atoms with Crippen LogP contribution in [0.25, 0.3) is 0 Å². The van der Waals surface area contributed by atoms with E-state index in [2.05, 4.69) is 29.3 Å². The standard InChI is InChI=1S/C21H25N3O3/c1-15-8-11-19(20(12-15)24(26)27)22-21(25)14-23(13-17-9-10-17)16(2)18-6-4-3-5-7-18/h3-8,11-12,16-17H,9-10,13-14H2,1-2H3,(H,22,25). The minimum Gasteiger partial charge on any atom is -0.319 e. The van der Waals surface area contributed by atoms with Crippen LogP contribution < -0.4 is 5.32 Å². The Bertz CT molecular complexity index is 819. The van der Waals surface area contributed by atoms with Crippen molar-refractivity contribution in [3.8, 4) is 0 Å². The number of nitro benzene ring substituents is 1. The molecule has 2 aromatic carbocycles. The number of aryl methyl sites for hydroxylation is 1. The van der Waals surface area contributed by atoms with Crippen LogP contribution in [0, 0.1) is 23.0 Å². The summed E-state index contributed by atoms with van der Waals surface area (Å²) in [5.74, 6) is 0.406. The predicted octanol–water partition coefficient (Wildman–Crippen LogP) is 4.31. The van der Waals surface area contributed by atoms with E-state index in [1.54, 1.807) is 19.1 Å². The molecule has 142 valence electrons. The Morgan fingerprint density at radius 3 is 2.59 bits per heavy atom. The molecule has 6 heteroatoms. The molecule has 0 spiro atoms. The molecule has 0 aromatic heterocycles. The first kappa shape index (κ1) is 19.0. The fourth-order valence-electron chi connectivity index (χ4n) is 3.21. The minimum absolute atomic E-state index is 0.0757. The number of amides is 1. The zero-order chi connectivity index (χ0) is 19.4. The van der Waals surface area contributed by atoms with Crippen molar-refractivity contribution in [2.45, 2.75) is 32.7 Å². The molecule has 0 aliphatic heterocycles. The summed E-state index contributed by atoms with van der Waals surface area (Å²) in [5.41, 5.74) is 2.11. The fraction of sp³-hybridized carbons (Fsp3) is 0.381. The average Bonchev–Trinajstić information content (AvgIpc) is 3.46. The molecule has 0 bridgehead atoms. The highest BCUT2D eigenvalue weighted by Crippen LogP contribution is 2.33. The number of carbonyl (C=O) groups excluding carboxylic acids is 1. The minimum atomic E-state index is -0.461. The first-order valence-corrected chi connectivity index (χ1v) is 9.28. The molecule has 2 aromatic rings. The maximum Gasteiger partial charge on any atom is 0.293 e. The Labute approximate surface area is 159 Å². The molecule has 0 heterocycles. The molecule has 1 atom stereocenters. The highest BCUT2D eigenvalue weighted by molar-refractivity contribution is 5.94. The highest BCUT2D eigenvalue weighted by atomic mass is 16.6. The number of hydrogen-bond acceptors (Lipinski definition) is 4. The van der Waals surface area contributed by atoms with Gasteiger partial charge in [0.25, 0.3) is 5.69 Å². The monoisotopic (exact) mass is 367 g/mol. The molecule has 1 N–H and O–H groups in total. The van der Waals surface area contributed by atoms with Crippen molar-refractivity contribution in [1.82, 2.24) is 4.90 Å². The maximum atomic E-state index is 12.6. The van der Waals surface area contributed by atoms with Crippen LogP contribution in [0.4, 0.5) is 11.4 Å². The Morgan fingerprint density at radius 2 is 1.96 bits per heavy atom. The first-order chi connectivity index (χ1) is 12.9. The lowest BCUT2D eigenvalue weighted by atomic mass is 10.1. The number of anilines is 1. The van der Waals surface area contributed by atoms with E-state index in [-0.39, 0.29) is 29.9 Å². The van der Waals surface area contributed by atoms with E-state index in [9.17, 15) is 14.9 Å². The molecule has 0 saturated heterocycles. The van der Waals surface area contributed by atoms with Crippen molar-refractivity contribution in [3.05, 3.63) is 69.8 Å². The second kappa shape index (κ2) is 8.31. The Kier molecular flexibility index (Phi) is 5.86. The molecule has 1 unspecified atom stereocenters. The van der Waals surface area contributed by atoms with Crippen molar-refractivity contribution in [2.24, 2.45) is 5.92 Å². The number of nitro groups is 1. The van der Waals surface area contributed by atoms with Gasteiger partial charge in [-0.15, -0.1) is 0 Å². The third kappa shape index (κ3) is 5.14. The van der Waals surface area contributed by atoms with Crippen molar-refractivity contribution in [3.63, 3.8) is 0 Å². The van der Waals surface area contributed by atoms with Crippen LogP contribution >= 0.6 is 0 Å². The van der Waals surface area contributed by atoms with Gasteiger partial charge in [0.1, 0.15) is 5.69 Å². The molecule has 1 amide bonds. The SMILES string of the molecule is Cc1ccc(NC(=O)CN(CC2CC2)C(C)c2ccccc2)c([N+](=O)[O-])c1. The number of hydrogen-bond donors (Lipinski definition) is 1. The summed E-state index contributed by atoms with van der Waals surface area (Å²) in [4.78, 5) is 25.6. The lowest BCUT2D eigenvalue weighted by molar-refractivity contribution is -0.384. The predicted molar refractivity (Wildman–Crippen MR) is 106 cm³/mol. The van der Waals surface area contributed by atoms with Crippen molar-refractivity contribution in [1.29, 1.82) is 0 Å². The summed E-state index contributed by atoms with van der Waals surface area (Å²) in [6.07, 6.45) is 2.39. The number of nitrogens with zero attached hydrogens (tertiary/aromatic N) is 2. The van der Waals surface area contributed by atoms with Gasteiger partial charge in [0, 0.05) is 18.7 Å². The topological polar surface area (TPSA) is 75.5 Å². The van der Waals surface area contributed by atoms with Crippen LogP contribution in [0.2, 0.25) is 0 Å². The Balaban J connectivity index is 1.72. The van der Waals surface area contributed by atoms with Gasteiger partial charge in [0.2, 0.25) is 5.91 Å². The van der Waals surface area contributed by atoms with Crippen molar-refractivity contribution in [2.75, 3.05) is 18.4 Å². The summed E-state index contributed by atoms with van der Waals surface area (Å²) in [6.45, 7) is 4.95. The average molecular weight is 367 g/mol. The summed E-state index contributed by atoms with van der Waals surface area (Å²) in [7, 11) is 0. The molecule has 1 aliphatic carbocycles. The Hall–Kier alpha value is -2.73. The van der Waals surface area contributed by atoms with Gasteiger partial charge in [-0.05, 0) is 49.8 Å². The number of rotatable bonds is 8. The van der Waals surface area contributed by atoms with Gasteiger partial charge in [-0.2, -0.15) is 0 Å². The van der Waals surface area contributed by atoms with E-state index >= 15 is 0 Å². The third-order valence-corrected chi connectivity index (χ3v) is 4.99. The van der Waals surface area contributed by atoms with Crippen LogP contribution in [0.15, 0.2) is 48.5 Å². The van der Waals surface area contributed by atoms with Gasteiger partial charge < -0.3 is 5.32 Å². The normalized spacial score (nSPS) is 14.8. The van der Waals surface area contributed by atoms with Gasteiger partial charge in [0.05, 0.1) is 11.5 Å². The van der Waals surface area contributed by atoms with Gasteiger partial charge in [-0.3, -0.25) is 19.8 Å². The summed E-state index contributed by atoms with van der Waals surface area (Å²) in [5, 5.41) is 14.0. The van der Waals surface area contributed by atoms with E-state index in [1.807, 2.05) is 18.2 Å². The quantitative estimate of drug-likeness (QED) is 0.557. The van der Waals surface area contributed by atoms with E-state index in [0.29, 0.717) is 5.92 Å². The van der Waals surface area contributed by atoms with Gasteiger partial charge >= 0.3 is 0 Å². The molecule has 27 heavy (non-hydrogen) atoms. The summed E-state index contributed by atoms with van der Waals surface area (Å²) in [6, 6.07) is 15.0. The summed E-state index contributed by atoms with van der Waals surface area (Å²) >= 11 is 0. The lowest BCUT2D eigenvalue weighted by Gasteiger charge is -2.29. The van der Waals surface area contributed by atoms with Crippen molar-refractivity contribution >= 4 is 17.3 Å². The van der Waals surface area contributed by atoms with Crippen LogP contribution in [-0.2, 0) is 4.79 Å². The van der Waals surface area contributed by atoms with E-state index in [1.165, 1.54) is 18.9 Å². The van der Waals surface area contributed by atoms with E-state index in [0.717, 1.165) is 17.7 Å². The van der Waals surface area contributed by atoms with Gasteiger partial charge in [-0.25, -0.2) is 0 Å². The lowest BCUT2D eigenvalue weighted by Crippen LogP contribution is -2.36. The largest absolute Gasteiger partial charge is 0.319 e. The molecule has 6 nitrogen and oxygen atoms in total. The molecular formula is C21H25N3O3. The molecule has 3 rings (SSSR count). The van der Waals surface area contributed by atoms with Gasteiger partial charge in [-0.1, -0.05) is 36.4 Å². The van der Waals surface area contributed by atoms with Crippen LogP contribution in [0.3, 0.4) is 0 Å². The molecule has 1 aliphatic rings. The third-order valence-electron chi connectivity index (χ3n) is 4.99. The zero-order valence-corrected chi connectivity index (χ0v) is 15.7. The number of nitrogens with one attached hydrogen (secondary N) is 1. The van der Waals surface area contributed by atoms with Gasteiger partial charge in [0.15, 0.2) is 0 Å². The smallest absolute Gasteiger partial charge is 0.293 e. The zero-order valence-electron chi connectivity index (χ0n) is 15.7. The van der Waals surface area contributed by atoms with Crippen molar-refractivity contribution < 1.29 is 9.72 Å². The Morgan fingerprint density at radius 1 is 1.26 bits per heavy atom.